The second-order valence-electron chi connectivity index (χ2n) is 12.4. The van der Waals surface area contributed by atoms with Crippen molar-refractivity contribution in [2.24, 2.45) is 0 Å². The first-order chi connectivity index (χ1) is 22.1. The number of aromatic nitrogens is 1. The molecule has 4 heteroatoms. The molecule has 0 spiro atoms. The number of hydrogen-bond acceptors (Lipinski definition) is 1. The van der Waals surface area contributed by atoms with Gasteiger partial charge in [0.05, 0.1) is 11.0 Å². The predicted octanol–water partition coefficient (Wildman–Crippen LogP) is 12.8. The molecule has 1 saturated carbocycles. The Bertz CT molecular complexity index is 2130. The molecule has 45 heavy (non-hydrogen) atoms. The number of anilines is 3. The van der Waals surface area contributed by atoms with Crippen LogP contribution in [0.15, 0.2) is 142 Å². The molecule has 0 radical (unpaired) electrons. The maximum atomic E-state index is 3.65. The first-order valence-corrected chi connectivity index (χ1v) is 17.3. The van der Waals surface area contributed by atoms with E-state index in [9.17, 15) is 0 Å². The molecule has 2 aliphatic carbocycles. The third-order valence-corrected chi connectivity index (χ3v) is 11.0. The van der Waals surface area contributed by atoms with E-state index < -0.39 is 0 Å². The second-order valence-corrected chi connectivity index (χ2v) is 14.3. The molecule has 0 aliphatic heterocycles. The average molecular weight is 711 g/mol. The molecule has 6 aromatic carbocycles. The first kappa shape index (κ1) is 27.2. The summed E-state index contributed by atoms with van der Waals surface area (Å²) < 4.78 is 4.57. The van der Waals surface area contributed by atoms with Crippen molar-refractivity contribution >= 4 is 70.7 Å². The number of halogens is 2. The molecule has 2 atom stereocenters. The minimum absolute atomic E-state index is 0.715. The smallest absolute Gasteiger partial charge is 0.0541 e. The number of hydrogen-bond donors (Lipinski definition) is 0. The SMILES string of the molecule is Brc1ccc(N(c2ccc(Br)cc2)c2cc(-c3ccc4c(c3)C3CCC4C3)cc(-n3c4ccccc4c4ccccc43)c2)cc1. The monoisotopic (exact) mass is 708 g/mol. The van der Waals surface area contributed by atoms with Crippen molar-refractivity contribution in [3.05, 3.63) is 154 Å². The summed E-state index contributed by atoms with van der Waals surface area (Å²) in [6.45, 7) is 0. The van der Waals surface area contributed by atoms with Crippen LogP contribution < -0.4 is 4.90 Å². The lowest BCUT2D eigenvalue weighted by molar-refractivity contribution is 0.718. The summed E-state index contributed by atoms with van der Waals surface area (Å²) in [6, 6.07) is 49.2. The highest BCUT2D eigenvalue weighted by Crippen LogP contribution is 2.54. The summed E-state index contributed by atoms with van der Waals surface area (Å²) in [7, 11) is 0. The van der Waals surface area contributed by atoms with Crippen molar-refractivity contribution in [2.75, 3.05) is 4.90 Å². The highest BCUT2D eigenvalue weighted by Gasteiger charge is 2.36. The highest BCUT2D eigenvalue weighted by molar-refractivity contribution is 9.10. The minimum atomic E-state index is 0.715. The molecule has 2 bridgehead atoms. The maximum absolute atomic E-state index is 3.65. The fourth-order valence-corrected chi connectivity index (χ4v) is 8.40. The molecule has 2 nitrogen and oxygen atoms in total. The predicted molar refractivity (Wildman–Crippen MR) is 196 cm³/mol. The molecule has 0 amide bonds. The van der Waals surface area contributed by atoms with Gasteiger partial charge < -0.3 is 9.47 Å². The van der Waals surface area contributed by atoms with Gasteiger partial charge >= 0.3 is 0 Å². The Morgan fingerprint density at radius 1 is 0.511 bits per heavy atom. The van der Waals surface area contributed by atoms with E-state index in [0.29, 0.717) is 5.92 Å². The summed E-state index contributed by atoms with van der Waals surface area (Å²) in [4.78, 5) is 2.37. The van der Waals surface area contributed by atoms with Gasteiger partial charge in [0, 0.05) is 42.5 Å². The number of nitrogens with zero attached hydrogens (tertiary/aromatic N) is 2. The number of para-hydroxylation sites is 2. The van der Waals surface area contributed by atoms with Gasteiger partial charge in [0.15, 0.2) is 0 Å². The topological polar surface area (TPSA) is 8.17 Å². The largest absolute Gasteiger partial charge is 0.310 e. The summed E-state index contributed by atoms with van der Waals surface area (Å²) >= 11 is 7.31. The van der Waals surface area contributed by atoms with E-state index in [1.54, 1.807) is 11.1 Å². The Morgan fingerprint density at radius 3 is 1.71 bits per heavy atom. The fraction of sp³-hybridized carbons (Fsp3) is 0.122. The Hall–Kier alpha value is -4.12. The van der Waals surface area contributed by atoms with Crippen LogP contribution in [-0.4, -0.2) is 4.57 Å². The van der Waals surface area contributed by atoms with Crippen LogP contribution in [-0.2, 0) is 0 Å². The lowest BCUT2D eigenvalue weighted by atomic mass is 9.89. The van der Waals surface area contributed by atoms with Crippen LogP contribution in [0.25, 0.3) is 38.6 Å². The van der Waals surface area contributed by atoms with E-state index in [1.807, 2.05) is 0 Å². The first-order valence-electron chi connectivity index (χ1n) is 15.7. The van der Waals surface area contributed by atoms with E-state index in [1.165, 1.54) is 52.2 Å². The van der Waals surface area contributed by atoms with Crippen molar-refractivity contribution in [2.45, 2.75) is 31.1 Å². The Morgan fingerprint density at radius 2 is 1.09 bits per heavy atom. The van der Waals surface area contributed by atoms with Crippen molar-refractivity contribution in [1.82, 2.24) is 4.57 Å². The van der Waals surface area contributed by atoms with Crippen LogP contribution >= 0.6 is 31.9 Å². The van der Waals surface area contributed by atoms with E-state index >= 15 is 0 Å². The van der Waals surface area contributed by atoms with Crippen LogP contribution in [0, 0.1) is 0 Å². The zero-order valence-electron chi connectivity index (χ0n) is 24.6. The Labute approximate surface area is 280 Å². The third kappa shape index (κ3) is 4.57. The number of fused-ring (bicyclic) bond motifs is 8. The highest BCUT2D eigenvalue weighted by atomic mass is 79.9. The Balaban J connectivity index is 1.32. The summed E-state index contributed by atoms with van der Waals surface area (Å²) in [5.74, 6) is 1.47. The average Bonchev–Trinajstić information content (AvgIpc) is 3.79. The van der Waals surface area contributed by atoms with Gasteiger partial charge in [-0.05, 0) is 132 Å². The van der Waals surface area contributed by atoms with Crippen molar-refractivity contribution in [1.29, 1.82) is 0 Å². The van der Waals surface area contributed by atoms with Gasteiger partial charge in [-0.25, -0.2) is 0 Å². The maximum Gasteiger partial charge on any atom is 0.0541 e. The van der Waals surface area contributed by atoms with Gasteiger partial charge in [-0.3, -0.25) is 0 Å². The van der Waals surface area contributed by atoms with Gasteiger partial charge in [-0.2, -0.15) is 0 Å². The second kappa shape index (κ2) is 10.8. The molecule has 2 aliphatic rings. The van der Waals surface area contributed by atoms with E-state index in [4.69, 9.17) is 0 Å². The minimum Gasteiger partial charge on any atom is -0.310 e. The number of benzene rings is 6. The number of rotatable bonds is 5. The van der Waals surface area contributed by atoms with Gasteiger partial charge in [0.25, 0.3) is 0 Å². The quantitative estimate of drug-likeness (QED) is 0.173. The Kier molecular flexibility index (Phi) is 6.50. The summed E-state index contributed by atoms with van der Waals surface area (Å²) in [6.07, 6.45) is 4.00. The zero-order valence-corrected chi connectivity index (χ0v) is 27.8. The molecule has 9 rings (SSSR count). The fourth-order valence-electron chi connectivity index (χ4n) is 7.87. The molecule has 2 unspecified atom stereocenters. The molecule has 1 fully saturated rings. The molecule has 1 aromatic heterocycles. The normalized spacial score (nSPS) is 16.8. The van der Waals surface area contributed by atoms with Crippen LogP contribution in [0.5, 0.6) is 0 Å². The van der Waals surface area contributed by atoms with Crippen molar-refractivity contribution in [3.8, 4) is 16.8 Å². The van der Waals surface area contributed by atoms with E-state index in [-0.39, 0.29) is 0 Å². The van der Waals surface area contributed by atoms with Crippen molar-refractivity contribution < 1.29 is 0 Å². The third-order valence-electron chi connectivity index (χ3n) is 9.90. The molecule has 7 aromatic rings. The molecular formula is C41H30Br2N2. The van der Waals surface area contributed by atoms with Crippen LogP contribution in [0.2, 0.25) is 0 Å². The lowest BCUT2D eigenvalue weighted by Crippen LogP contribution is -2.11. The molecule has 218 valence electrons. The molecule has 1 heterocycles. The van der Waals surface area contributed by atoms with Gasteiger partial charge in [-0.15, -0.1) is 0 Å². The van der Waals surface area contributed by atoms with Crippen LogP contribution in [0.1, 0.15) is 42.2 Å². The summed E-state index contributed by atoms with van der Waals surface area (Å²) in [5, 5.41) is 2.54. The zero-order chi connectivity index (χ0) is 30.1. The lowest BCUT2D eigenvalue weighted by Gasteiger charge is -2.27. The molecule has 0 saturated heterocycles. The van der Waals surface area contributed by atoms with Gasteiger partial charge in [0.1, 0.15) is 0 Å². The summed E-state index contributed by atoms with van der Waals surface area (Å²) in [5.41, 5.74) is 12.6. The van der Waals surface area contributed by atoms with Crippen LogP contribution in [0.3, 0.4) is 0 Å². The van der Waals surface area contributed by atoms with Gasteiger partial charge in [0.2, 0.25) is 0 Å². The van der Waals surface area contributed by atoms with E-state index in [0.717, 1.165) is 37.6 Å². The van der Waals surface area contributed by atoms with Crippen LogP contribution in [0.4, 0.5) is 17.1 Å². The van der Waals surface area contributed by atoms with Gasteiger partial charge in [-0.1, -0.05) is 86.5 Å². The standard InChI is InChI=1S/C41H30Br2N2/c42-30-12-16-32(17-13-30)44(33-18-14-31(43)15-19-33)34-22-29(26-11-20-36-27-9-10-28(21-27)39(36)24-26)23-35(25-34)45-40-7-3-1-5-37(40)38-6-2-4-8-41(38)45/h1-8,11-20,22-25,27-28H,9-10,21H2. The molecule has 0 N–H and O–H groups in total. The van der Waals surface area contributed by atoms with E-state index in [2.05, 4.69) is 175 Å². The molecular weight excluding hydrogens is 680 g/mol. The van der Waals surface area contributed by atoms with Crippen molar-refractivity contribution in [3.63, 3.8) is 0 Å².